The molecule has 0 spiro atoms. The summed E-state index contributed by atoms with van der Waals surface area (Å²) in [5.74, 6) is -2.62. The molecule has 2 aromatic carbocycles. The molecule has 0 aliphatic rings. The number of rotatable bonds is 9. The minimum Gasteiger partial charge on any atom is -0.465 e. The fourth-order valence-electron chi connectivity index (χ4n) is 2.98. The molecule has 33 heavy (non-hydrogen) atoms. The Labute approximate surface area is 189 Å². The van der Waals surface area contributed by atoms with Crippen LogP contribution in [-0.2, 0) is 25.5 Å². The molecule has 0 saturated carbocycles. The maximum Gasteiger partial charge on any atom is 0.339 e. The van der Waals surface area contributed by atoms with Gasteiger partial charge in [0, 0.05) is 6.42 Å². The van der Waals surface area contributed by atoms with E-state index in [1.807, 2.05) is 6.07 Å². The summed E-state index contributed by atoms with van der Waals surface area (Å²) >= 11 is 0. The zero-order valence-corrected chi connectivity index (χ0v) is 17.8. The van der Waals surface area contributed by atoms with Crippen LogP contribution in [0, 0.1) is 0 Å². The van der Waals surface area contributed by atoms with E-state index in [1.165, 1.54) is 31.6 Å². The highest BCUT2D eigenvalue weighted by atomic mass is 16.5. The van der Waals surface area contributed by atoms with Gasteiger partial charge in [-0.1, -0.05) is 42.5 Å². The van der Waals surface area contributed by atoms with Gasteiger partial charge in [0.2, 0.25) is 0 Å². The fraction of sp³-hybridized carbons (Fsp3) is 0.167. The normalized spacial score (nSPS) is 11.2. The highest BCUT2D eigenvalue weighted by Gasteiger charge is 2.25. The van der Waals surface area contributed by atoms with Gasteiger partial charge >= 0.3 is 11.9 Å². The summed E-state index contributed by atoms with van der Waals surface area (Å²) in [6, 6.07) is 17.3. The van der Waals surface area contributed by atoms with E-state index >= 15 is 0 Å². The van der Waals surface area contributed by atoms with Gasteiger partial charge in [0.05, 0.1) is 24.6 Å². The number of esters is 2. The van der Waals surface area contributed by atoms with Gasteiger partial charge in [0.1, 0.15) is 6.04 Å². The summed E-state index contributed by atoms with van der Waals surface area (Å²) in [6.45, 7) is -0.615. The number of anilines is 1. The van der Waals surface area contributed by atoms with Crippen LogP contribution in [0.3, 0.4) is 0 Å². The molecule has 3 rings (SSSR count). The third-order valence-corrected chi connectivity index (χ3v) is 4.57. The zero-order valence-electron chi connectivity index (χ0n) is 17.8. The van der Waals surface area contributed by atoms with E-state index in [-0.39, 0.29) is 23.4 Å². The SMILES string of the molecule is COC(=O)c1ccccc1NC(=O)COC(=O)[C@H](Cc1ccccc1)NC(=O)c1ccco1. The third kappa shape index (κ3) is 6.54. The first-order valence-corrected chi connectivity index (χ1v) is 10.00. The molecule has 0 aliphatic heterocycles. The first-order chi connectivity index (χ1) is 16.0. The standard InChI is InChI=1S/C24H22N2O7/c1-31-23(29)17-10-5-6-11-18(17)25-21(27)15-33-24(30)19(14-16-8-3-2-4-9-16)26-22(28)20-12-7-13-32-20/h2-13,19H,14-15H2,1H3,(H,25,27)(H,26,28)/t19-/m0/s1. The molecule has 0 aliphatic carbocycles. The molecule has 2 N–H and O–H groups in total. The second-order valence-electron chi connectivity index (χ2n) is 6.89. The molecule has 0 saturated heterocycles. The molecule has 1 heterocycles. The Hall–Kier alpha value is -4.40. The van der Waals surface area contributed by atoms with Gasteiger partial charge in [-0.3, -0.25) is 9.59 Å². The Balaban J connectivity index is 1.64. The Morgan fingerprint density at radius 2 is 1.67 bits per heavy atom. The average Bonchev–Trinajstić information content (AvgIpc) is 3.38. The third-order valence-electron chi connectivity index (χ3n) is 4.57. The Bertz CT molecular complexity index is 1110. The molecule has 9 nitrogen and oxygen atoms in total. The van der Waals surface area contributed by atoms with Crippen molar-refractivity contribution in [2.24, 2.45) is 0 Å². The number of carbonyl (C=O) groups excluding carboxylic acids is 4. The van der Waals surface area contributed by atoms with Crippen molar-refractivity contribution < 1.29 is 33.1 Å². The molecule has 9 heteroatoms. The number of hydrogen-bond acceptors (Lipinski definition) is 7. The van der Waals surface area contributed by atoms with E-state index in [0.717, 1.165) is 5.56 Å². The number of ether oxygens (including phenoxy) is 2. The maximum absolute atomic E-state index is 12.7. The van der Waals surface area contributed by atoms with Crippen molar-refractivity contribution in [3.63, 3.8) is 0 Å². The van der Waals surface area contributed by atoms with Gasteiger partial charge in [-0.15, -0.1) is 0 Å². The van der Waals surface area contributed by atoms with Crippen LogP contribution in [0.25, 0.3) is 0 Å². The molecule has 0 radical (unpaired) electrons. The minimum absolute atomic E-state index is 0.0398. The topological polar surface area (TPSA) is 124 Å². The van der Waals surface area contributed by atoms with Crippen LogP contribution >= 0.6 is 0 Å². The molecule has 1 aromatic heterocycles. The molecule has 0 fully saturated rings. The van der Waals surface area contributed by atoms with E-state index in [0.29, 0.717) is 0 Å². The van der Waals surface area contributed by atoms with Crippen molar-refractivity contribution in [2.45, 2.75) is 12.5 Å². The monoisotopic (exact) mass is 450 g/mol. The van der Waals surface area contributed by atoms with E-state index in [2.05, 4.69) is 15.4 Å². The smallest absolute Gasteiger partial charge is 0.339 e. The van der Waals surface area contributed by atoms with Crippen molar-refractivity contribution in [1.29, 1.82) is 0 Å². The van der Waals surface area contributed by atoms with Crippen LogP contribution in [0.2, 0.25) is 0 Å². The van der Waals surface area contributed by atoms with Crippen LogP contribution < -0.4 is 10.6 Å². The predicted molar refractivity (Wildman–Crippen MR) is 117 cm³/mol. The first kappa shape index (κ1) is 23.3. The maximum atomic E-state index is 12.7. The van der Waals surface area contributed by atoms with Crippen LogP contribution in [-0.4, -0.2) is 43.5 Å². The molecule has 0 bridgehead atoms. The number of carbonyl (C=O) groups is 4. The number of nitrogens with one attached hydrogen (secondary N) is 2. The van der Waals surface area contributed by atoms with Gasteiger partial charge in [-0.05, 0) is 29.8 Å². The van der Waals surface area contributed by atoms with Crippen molar-refractivity contribution in [1.82, 2.24) is 5.32 Å². The summed E-state index contributed by atoms with van der Waals surface area (Å²) in [5, 5.41) is 5.09. The number of amides is 2. The van der Waals surface area contributed by atoms with Gasteiger partial charge in [0.25, 0.3) is 11.8 Å². The lowest BCUT2D eigenvalue weighted by atomic mass is 10.1. The van der Waals surface area contributed by atoms with Crippen LogP contribution in [0.5, 0.6) is 0 Å². The Morgan fingerprint density at radius 1 is 0.939 bits per heavy atom. The van der Waals surface area contributed by atoms with Crippen molar-refractivity contribution in [2.75, 3.05) is 19.0 Å². The largest absolute Gasteiger partial charge is 0.465 e. The molecule has 1 atom stereocenters. The van der Waals surface area contributed by atoms with Crippen molar-refractivity contribution in [3.8, 4) is 0 Å². The Morgan fingerprint density at radius 3 is 2.36 bits per heavy atom. The molecular formula is C24H22N2O7. The second kappa shape index (κ2) is 11.3. The van der Waals surface area contributed by atoms with Gasteiger partial charge in [0.15, 0.2) is 12.4 Å². The van der Waals surface area contributed by atoms with Crippen molar-refractivity contribution in [3.05, 3.63) is 89.9 Å². The summed E-state index contributed by atoms with van der Waals surface area (Å²) in [4.78, 5) is 49.3. The van der Waals surface area contributed by atoms with Crippen LogP contribution in [0.1, 0.15) is 26.5 Å². The van der Waals surface area contributed by atoms with E-state index in [9.17, 15) is 19.2 Å². The van der Waals surface area contributed by atoms with Crippen LogP contribution in [0.15, 0.2) is 77.4 Å². The number of para-hydroxylation sites is 1. The molecule has 170 valence electrons. The molecular weight excluding hydrogens is 428 g/mol. The summed E-state index contributed by atoms with van der Waals surface area (Å²) < 4.78 is 14.9. The zero-order chi connectivity index (χ0) is 23.6. The quantitative estimate of drug-likeness (QED) is 0.480. The number of benzene rings is 2. The lowest BCUT2D eigenvalue weighted by Gasteiger charge is -2.17. The van der Waals surface area contributed by atoms with E-state index < -0.39 is 36.4 Å². The second-order valence-corrected chi connectivity index (χ2v) is 6.89. The predicted octanol–water partition coefficient (Wildman–Crippen LogP) is 2.59. The van der Waals surface area contributed by atoms with Gasteiger partial charge in [-0.25, -0.2) is 9.59 Å². The van der Waals surface area contributed by atoms with Crippen molar-refractivity contribution >= 4 is 29.4 Å². The lowest BCUT2D eigenvalue weighted by molar-refractivity contribution is -0.149. The van der Waals surface area contributed by atoms with Gasteiger partial charge in [-0.2, -0.15) is 0 Å². The van der Waals surface area contributed by atoms with Gasteiger partial charge < -0.3 is 24.5 Å². The Kier molecular flexibility index (Phi) is 7.96. The average molecular weight is 450 g/mol. The number of methoxy groups -OCH3 is 1. The number of hydrogen-bond donors (Lipinski definition) is 2. The highest BCUT2D eigenvalue weighted by molar-refractivity contribution is 6.02. The van der Waals surface area contributed by atoms with Crippen LogP contribution in [0.4, 0.5) is 5.69 Å². The van der Waals surface area contributed by atoms with E-state index in [4.69, 9.17) is 9.15 Å². The summed E-state index contributed by atoms with van der Waals surface area (Å²) in [6.07, 6.45) is 1.49. The van der Waals surface area contributed by atoms with E-state index in [1.54, 1.807) is 42.5 Å². The first-order valence-electron chi connectivity index (χ1n) is 10.00. The molecule has 2 amide bonds. The highest BCUT2D eigenvalue weighted by Crippen LogP contribution is 2.16. The molecule has 0 unspecified atom stereocenters. The summed E-state index contributed by atoms with van der Waals surface area (Å²) in [7, 11) is 1.23. The fourth-order valence-corrected chi connectivity index (χ4v) is 2.98. The summed E-state index contributed by atoms with van der Waals surface area (Å²) in [5.41, 5.74) is 1.17. The lowest BCUT2D eigenvalue weighted by Crippen LogP contribution is -2.44. The molecule has 3 aromatic rings. The minimum atomic E-state index is -1.06. The number of furan rings is 1.